The number of anilines is 1. The number of H-pyrrole nitrogens is 1. The highest BCUT2D eigenvalue weighted by Crippen LogP contribution is 2.36. The minimum absolute atomic E-state index is 0.147. The summed E-state index contributed by atoms with van der Waals surface area (Å²) in [6, 6.07) is 20.9. The van der Waals surface area contributed by atoms with E-state index >= 15 is 0 Å². The van der Waals surface area contributed by atoms with Crippen molar-refractivity contribution in [3.63, 3.8) is 0 Å². The van der Waals surface area contributed by atoms with E-state index in [4.69, 9.17) is 16.3 Å². The summed E-state index contributed by atoms with van der Waals surface area (Å²) in [5.74, 6) is 0.635. The molecule has 0 spiro atoms. The van der Waals surface area contributed by atoms with Gasteiger partial charge in [-0.25, -0.2) is 4.98 Å². The number of fused-ring (bicyclic) bond motifs is 1. The van der Waals surface area contributed by atoms with Gasteiger partial charge < -0.3 is 15.0 Å². The highest BCUT2D eigenvalue weighted by atomic mass is 35.5. The number of aryl methyl sites for hydroxylation is 1. The summed E-state index contributed by atoms with van der Waals surface area (Å²) in [7, 11) is 0. The number of benzene rings is 3. The molecular formula is C24H22ClN3O2S. The van der Waals surface area contributed by atoms with Crippen molar-refractivity contribution in [2.75, 3.05) is 11.9 Å². The van der Waals surface area contributed by atoms with E-state index in [1.807, 2.05) is 74.5 Å². The molecule has 3 aromatic carbocycles. The summed E-state index contributed by atoms with van der Waals surface area (Å²) in [6.07, 6.45) is 0. The van der Waals surface area contributed by atoms with Gasteiger partial charge in [-0.15, -0.1) is 0 Å². The van der Waals surface area contributed by atoms with Crippen molar-refractivity contribution in [3.8, 4) is 5.75 Å². The SMILES string of the molecule is CCOc1ccc2nc(S[C@@H](C(=O)Nc3ccc(C)c(Cl)c3)c3ccccc3)[nH]c2c1. The second-order valence-corrected chi connectivity index (χ2v) is 8.52. The maximum absolute atomic E-state index is 13.2. The van der Waals surface area contributed by atoms with Crippen LogP contribution in [0.4, 0.5) is 5.69 Å². The van der Waals surface area contributed by atoms with E-state index in [1.165, 1.54) is 11.8 Å². The number of amides is 1. The number of imidazole rings is 1. The van der Waals surface area contributed by atoms with Crippen molar-refractivity contribution in [1.82, 2.24) is 9.97 Å². The third-order valence-electron chi connectivity index (χ3n) is 4.75. The molecule has 0 aliphatic carbocycles. The van der Waals surface area contributed by atoms with Crippen LogP contribution in [0.2, 0.25) is 5.02 Å². The first-order valence-electron chi connectivity index (χ1n) is 9.94. The number of thioether (sulfide) groups is 1. The van der Waals surface area contributed by atoms with E-state index in [0.29, 0.717) is 22.5 Å². The third-order valence-corrected chi connectivity index (χ3v) is 6.30. The summed E-state index contributed by atoms with van der Waals surface area (Å²) in [5.41, 5.74) is 4.20. The number of nitrogens with one attached hydrogen (secondary N) is 2. The standard InChI is InChI=1S/C24H22ClN3O2S/c1-3-30-18-11-12-20-21(14-18)28-24(27-20)31-22(16-7-5-4-6-8-16)23(29)26-17-10-9-15(2)19(25)13-17/h4-14,22H,3H2,1-2H3,(H,26,29)(H,27,28)/t22-/m1/s1. The van der Waals surface area contributed by atoms with Crippen LogP contribution in [0.5, 0.6) is 5.75 Å². The molecular weight excluding hydrogens is 430 g/mol. The third kappa shape index (κ3) is 5.03. The average molecular weight is 452 g/mol. The zero-order chi connectivity index (χ0) is 21.8. The van der Waals surface area contributed by atoms with Gasteiger partial charge >= 0.3 is 0 Å². The normalized spacial score (nSPS) is 12.0. The molecule has 0 bridgehead atoms. The van der Waals surface area contributed by atoms with Crippen LogP contribution >= 0.6 is 23.4 Å². The lowest BCUT2D eigenvalue weighted by atomic mass is 10.1. The Morgan fingerprint density at radius 1 is 1.16 bits per heavy atom. The van der Waals surface area contributed by atoms with Gasteiger partial charge in [-0.05, 0) is 49.2 Å². The molecule has 0 aliphatic heterocycles. The smallest absolute Gasteiger partial charge is 0.242 e. The van der Waals surface area contributed by atoms with E-state index in [9.17, 15) is 4.79 Å². The first-order chi connectivity index (χ1) is 15.0. The Kier molecular flexibility index (Phi) is 6.49. The van der Waals surface area contributed by atoms with Crippen LogP contribution in [0.1, 0.15) is 23.3 Å². The average Bonchev–Trinajstić information content (AvgIpc) is 3.17. The molecule has 5 nitrogen and oxygen atoms in total. The number of halogens is 1. The molecule has 158 valence electrons. The number of nitrogens with zero attached hydrogens (tertiary/aromatic N) is 1. The second kappa shape index (κ2) is 9.45. The molecule has 1 aromatic heterocycles. The van der Waals surface area contributed by atoms with E-state index < -0.39 is 5.25 Å². The molecule has 1 atom stereocenters. The maximum atomic E-state index is 13.2. The van der Waals surface area contributed by atoms with Crippen LogP contribution in [-0.2, 0) is 4.79 Å². The van der Waals surface area contributed by atoms with Crippen LogP contribution in [0.3, 0.4) is 0 Å². The Hall–Kier alpha value is -2.96. The minimum atomic E-state index is -0.492. The van der Waals surface area contributed by atoms with Crippen molar-refractivity contribution in [2.24, 2.45) is 0 Å². The molecule has 1 heterocycles. The van der Waals surface area contributed by atoms with Crippen LogP contribution < -0.4 is 10.1 Å². The second-order valence-electron chi connectivity index (χ2n) is 7.02. The molecule has 0 saturated carbocycles. The summed E-state index contributed by atoms with van der Waals surface area (Å²) < 4.78 is 5.57. The monoisotopic (exact) mass is 451 g/mol. The fourth-order valence-electron chi connectivity index (χ4n) is 3.17. The van der Waals surface area contributed by atoms with Crippen LogP contribution in [0, 0.1) is 6.92 Å². The summed E-state index contributed by atoms with van der Waals surface area (Å²) in [6.45, 7) is 4.47. The number of hydrogen-bond donors (Lipinski definition) is 2. The zero-order valence-electron chi connectivity index (χ0n) is 17.2. The summed E-state index contributed by atoms with van der Waals surface area (Å²) >= 11 is 7.59. The molecule has 0 fully saturated rings. The lowest BCUT2D eigenvalue weighted by Crippen LogP contribution is -2.19. The van der Waals surface area contributed by atoms with Crippen molar-refractivity contribution in [2.45, 2.75) is 24.3 Å². The molecule has 4 aromatic rings. The van der Waals surface area contributed by atoms with Crippen molar-refractivity contribution in [1.29, 1.82) is 0 Å². The van der Waals surface area contributed by atoms with Gasteiger partial charge in [0.05, 0.1) is 17.6 Å². The first kappa shape index (κ1) is 21.3. The predicted molar refractivity (Wildman–Crippen MR) is 127 cm³/mol. The highest BCUT2D eigenvalue weighted by Gasteiger charge is 2.24. The van der Waals surface area contributed by atoms with Crippen LogP contribution in [-0.4, -0.2) is 22.5 Å². The number of carbonyl (C=O) groups is 1. The molecule has 0 unspecified atom stereocenters. The predicted octanol–water partition coefficient (Wildman–Crippen LogP) is 6.40. The van der Waals surface area contributed by atoms with E-state index in [0.717, 1.165) is 27.9 Å². The van der Waals surface area contributed by atoms with Gasteiger partial charge in [-0.3, -0.25) is 4.79 Å². The minimum Gasteiger partial charge on any atom is -0.494 e. The van der Waals surface area contributed by atoms with Gasteiger partial charge in [-0.2, -0.15) is 0 Å². The largest absolute Gasteiger partial charge is 0.494 e. The van der Waals surface area contributed by atoms with E-state index in [2.05, 4.69) is 15.3 Å². The number of hydrogen-bond acceptors (Lipinski definition) is 4. The summed E-state index contributed by atoms with van der Waals surface area (Å²) in [5, 5.41) is 3.77. The quantitative estimate of drug-likeness (QED) is 0.319. The van der Waals surface area contributed by atoms with Gasteiger partial charge in [0.25, 0.3) is 0 Å². The Balaban J connectivity index is 1.61. The molecule has 7 heteroatoms. The molecule has 0 radical (unpaired) electrons. The lowest BCUT2D eigenvalue weighted by Gasteiger charge is -2.16. The molecule has 0 aliphatic rings. The fourth-order valence-corrected chi connectivity index (χ4v) is 4.35. The number of aromatic amines is 1. The van der Waals surface area contributed by atoms with Crippen molar-refractivity contribution < 1.29 is 9.53 Å². The van der Waals surface area contributed by atoms with Crippen LogP contribution in [0.15, 0.2) is 71.9 Å². The Bertz CT molecular complexity index is 1210. The van der Waals surface area contributed by atoms with Gasteiger partial charge in [0.1, 0.15) is 11.0 Å². The van der Waals surface area contributed by atoms with Gasteiger partial charge in [-0.1, -0.05) is 59.8 Å². The number of aromatic nitrogens is 2. The lowest BCUT2D eigenvalue weighted by molar-refractivity contribution is -0.115. The Labute approximate surface area is 190 Å². The first-order valence-corrected chi connectivity index (χ1v) is 11.2. The molecule has 2 N–H and O–H groups in total. The summed E-state index contributed by atoms with van der Waals surface area (Å²) in [4.78, 5) is 21.2. The molecule has 0 saturated heterocycles. The zero-order valence-corrected chi connectivity index (χ0v) is 18.8. The molecule has 4 rings (SSSR count). The Morgan fingerprint density at radius 2 is 1.97 bits per heavy atom. The number of rotatable bonds is 7. The van der Waals surface area contributed by atoms with Gasteiger partial charge in [0.2, 0.25) is 5.91 Å². The molecule has 31 heavy (non-hydrogen) atoms. The van der Waals surface area contributed by atoms with E-state index in [-0.39, 0.29) is 5.91 Å². The number of ether oxygens (including phenoxy) is 1. The van der Waals surface area contributed by atoms with E-state index in [1.54, 1.807) is 6.07 Å². The fraction of sp³-hybridized carbons (Fsp3) is 0.167. The van der Waals surface area contributed by atoms with Gasteiger partial charge in [0.15, 0.2) is 5.16 Å². The maximum Gasteiger partial charge on any atom is 0.242 e. The molecule has 1 amide bonds. The topological polar surface area (TPSA) is 67.0 Å². The Morgan fingerprint density at radius 3 is 2.71 bits per heavy atom. The highest BCUT2D eigenvalue weighted by molar-refractivity contribution is 8.00. The number of carbonyl (C=O) groups excluding carboxylic acids is 1. The van der Waals surface area contributed by atoms with Gasteiger partial charge in [0, 0.05) is 16.8 Å². The van der Waals surface area contributed by atoms with Crippen molar-refractivity contribution >= 4 is 46.0 Å². The van der Waals surface area contributed by atoms with Crippen LogP contribution in [0.25, 0.3) is 11.0 Å². The van der Waals surface area contributed by atoms with Crippen molar-refractivity contribution in [3.05, 3.63) is 82.9 Å².